The predicted octanol–water partition coefficient (Wildman–Crippen LogP) is 13.4. The van der Waals surface area contributed by atoms with Crippen LogP contribution in [0.2, 0.25) is 0 Å². The minimum Gasteiger partial charge on any atom is -0.456 e. The van der Waals surface area contributed by atoms with E-state index in [2.05, 4.69) is 115 Å². The number of nitriles is 1. The summed E-state index contributed by atoms with van der Waals surface area (Å²) in [5.41, 5.74) is 9.05. The smallest absolute Gasteiger partial charge is 0.164 e. The van der Waals surface area contributed by atoms with E-state index in [1.807, 2.05) is 72.8 Å². The first-order valence-corrected chi connectivity index (χ1v) is 18.9. The maximum absolute atomic E-state index is 9.48. The van der Waals surface area contributed by atoms with Crippen molar-refractivity contribution in [2.24, 2.45) is 0 Å². The van der Waals surface area contributed by atoms with Crippen LogP contribution in [0.25, 0.3) is 111 Å². The summed E-state index contributed by atoms with van der Waals surface area (Å²) in [7, 11) is 0. The zero-order valence-electron chi connectivity index (χ0n) is 30.5. The van der Waals surface area contributed by atoms with Gasteiger partial charge in [0.2, 0.25) is 0 Å². The minimum absolute atomic E-state index is 0.551. The molecule has 0 bridgehead atoms. The number of benzene rings is 9. The number of fused-ring (bicyclic) bond motifs is 9. The van der Waals surface area contributed by atoms with Gasteiger partial charge in [0.05, 0.1) is 11.6 Å². The molecule has 11 rings (SSSR count). The van der Waals surface area contributed by atoms with Crippen molar-refractivity contribution in [2.75, 3.05) is 0 Å². The summed E-state index contributed by atoms with van der Waals surface area (Å²) in [6.07, 6.45) is 0. The van der Waals surface area contributed by atoms with Crippen molar-refractivity contribution in [3.8, 4) is 62.5 Å². The molecule has 2 aromatic heterocycles. The Morgan fingerprint density at radius 1 is 0.351 bits per heavy atom. The maximum atomic E-state index is 9.48. The van der Waals surface area contributed by atoms with Gasteiger partial charge in [-0.05, 0) is 91.0 Å². The topological polar surface area (TPSA) is 75.6 Å². The molecule has 0 amide bonds. The van der Waals surface area contributed by atoms with Gasteiger partial charge in [0, 0.05) is 27.5 Å². The molecule has 0 saturated heterocycles. The second-order valence-electron chi connectivity index (χ2n) is 14.3. The minimum atomic E-state index is 0.551. The fraction of sp³-hybridized carbons (Fsp3) is 0. The van der Waals surface area contributed by atoms with E-state index >= 15 is 0 Å². The molecule has 5 heteroatoms. The lowest BCUT2D eigenvalue weighted by Crippen LogP contribution is -2.00. The summed E-state index contributed by atoms with van der Waals surface area (Å²) in [6.45, 7) is 0. The van der Waals surface area contributed by atoms with E-state index in [0.717, 1.165) is 66.3 Å². The van der Waals surface area contributed by atoms with E-state index in [-0.39, 0.29) is 0 Å². The van der Waals surface area contributed by atoms with Crippen LogP contribution in [-0.4, -0.2) is 15.0 Å². The molecule has 0 unspecified atom stereocenters. The molecule has 0 fully saturated rings. The Bertz CT molecular complexity index is 3380. The zero-order chi connectivity index (χ0) is 37.9. The number of furan rings is 1. The van der Waals surface area contributed by atoms with E-state index in [1.54, 1.807) is 0 Å². The van der Waals surface area contributed by atoms with Gasteiger partial charge in [-0.1, -0.05) is 146 Å². The second-order valence-corrected chi connectivity index (χ2v) is 14.3. The SMILES string of the molecule is N#Cc1cccc(-c2ccc(-c3nc(-c4ccc5c(c4)oc4cccc(-c6ccccc6)c45)nc(-c4ccc5c6ccccc6c6ccccc6c5c4)n3)cc2)c1. The summed E-state index contributed by atoms with van der Waals surface area (Å²) in [6, 6.07) is 64.6. The molecule has 11 aromatic rings. The van der Waals surface area contributed by atoms with Gasteiger partial charge in [0.25, 0.3) is 0 Å². The first kappa shape index (κ1) is 32.5. The monoisotopic (exact) mass is 726 g/mol. The predicted molar refractivity (Wildman–Crippen MR) is 232 cm³/mol. The summed E-state index contributed by atoms with van der Waals surface area (Å²) < 4.78 is 6.51. The highest BCUT2D eigenvalue weighted by molar-refractivity contribution is 6.25. The first-order chi connectivity index (χ1) is 28.2. The van der Waals surface area contributed by atoms with Gasteiger partial charge in [0.1, 0.15) is 11.2 Å². The lowest BCUT2D eigenvalue weighted by Gasteiger charge is -2.13. The lowest BCUT2D eigenvalue weighted by atomic mass is 9.93. The summed E-state index contributed by atoms with van der Waals surface area (Å²) in [4.78, 5) is 15.4. The van der Waals surface area contributed by atoms with Crippen molar-refractivity contribution in [3.63, 3.8) is 0 Å². The van der Waals surface area contributed by atoms with Crippen molar-refractivity contribution in [3.05, 3.63) is 188 Å². The van der Waals surface area contributed by atoms with Crippen LogP contribution in [0.3, 0.4) is 0 Å². The van der Waals surface area contributed by atoms with Crippen molar-refractivity contribution >= 4 is 54.3 Å². The molecule has 9 aromatic carbocycles. The van der Waals surface area contributed by atoms with Crippen molar-refractivity contribution in [1.82, 2.24) is 15.0 Å². The van der Waals surface area contributed by atoms with Gasteiger partial charge in [-0.15, -0.1) is 0 Å². The number of rotatable bonds is 5. The molecule has 0 atom stereocenters. The molecule has 0 radical (unpaired) electrons. The van der Waals surface area contributed by atoms with Crippen molar-refractivity contribution < 1.29 is 4.42 Å². The molecule has 0 N–H and O–H groups in total. The largest absolute Gasteiger partial charge is 0.456 e. The maximum Gasteiger partial charge on any atom is 0.164 e. The van der Waals surface area contributed by atoms with Crippen LogP contribution < -0.4 is 0 Å². The van der Waals surface area contributed by atoms with Gasteiger partial charge in [-0.3, -0.25) is 0 Å². The standard InChI is InChI=1S/C52H30N4O/c53-31-32-10-8-13-36(28-32)33-20-22-35(23-21-33)50-54-51(37-24-26-44-42-16-5-4-14-40(42)41-15-6-7-17-43(41)46(44)29-37)56-52(55-50)38-25-27-45-48(30-38)57-47-19-9-18-39(49(45)47)34-11-2-1-3-12-34/h1-30H. The Balaban J connectivity index is 1.09. The average Bonchev–Trinajstić information content (AvgIpc) is 3.67. The number of aromatic nitrogens is 3. The Labute approximate surface area is 327 Å². The summed E-state index contributed by atoms with van der Waals surface area (Å²) in [5, 5.41) is 18.8. The normalized spacial score (nSPS) is 11.5. The molecule has 264 valence electrons. The summed E-state index contributed by atoms with van der Waals surface area (Å²) in [5.74, 6) is 1.69. The number of hydrogen-bond donors (Lipinski definition) is 0. The third-order valence-corrected chi connectivity index (χ3v) is 10.9. The van der Waals surface area contributed by atoms with Crippen LogP contribution >= 0.6 is 0 Å². The van der Waals surface area contributed by atoms with E-state index < -0.39 is 0 Å². The van der Waals surface area contributed by atoms with Crippen molar-refractivity contribution in [1.29, 1.82) is 5.26 Å². The molecule has 0 aliphatic rings. The van der Waals surface area contributed by atoms with Crippen LogP contribution in [0, 0.1) is 11.3 Å². The molecule has 0 saturated carbocycles. The Kier molecular flexibility index (Phi) is 7.48. The molecule has 0 aliphatic heterocycles. The highest BCUT2D eigenvalue weighted by atomic mass is 16.3. The van der Waals surface area contributed by atoms with Crippen molar-refractivity contribution in [2.45, 2.75) is 0 Å². The van der Waals surface area contributed by atoms with Crippen LogP contribution in [-0.2, 0) is 0 Å². The highest BCUT2D eigenvalue weighted by Gasteiger charge is 2.18. The van der Waals surface area contributed by atoms with Gasteiger partial charge < -0.3 is 4.42 Å². The van der Waals surface area contributed by atoms with E-state index in [0.29, 0.717) is 23.0 Å². The number of hydrogen-bond acceptors (Lipinski definition) is 5. The molecular weight excluding hydrogens is 697 g/mol. The third-order valence-electron chi connectivity index (χ3n) is 10.9. The Hall–Kier alpha value is -7.94. The second kappa shape index (κ2) is 13.1. The van der Waals surface area contributed by atoms with Crippen LogP contribution in [0.15, 0.2) is 186 Å². The van der Waals surface area contributed by atoms with Gasteiger partial charge in [-0.2, -0.15) is 5.26 Å². The van der Waals surface area contributed by atoms with Crippen LogP contribution in [0.1, 0.15) is 5.56 Å². The van der Waals surface area contributed by atoms with Crippen LogP contribution in [0.5, 0.6) is 0 Å². The average molecular weight is 727 g/mol. The number of nitrogens with zero attached hydrogens (tertiary/aromatic N) is 4. The molecule has 5 nitrogen and oxygen atoms in total. The Morgan fingerprint density at radius 3 is 1.56 bits per heavy atom. The molecule has 0 spiro atoms. The third kappa shape index (κ3) is 5.51. The zero-order valence-corrected chi connectivity index (χ0v) is 30.5. The lowest BCUT2D eigenvalue weighted by molar-refractivity contribution is 0.669. The van der Waals surface area contributed by atoms with E-state index in [1.165, 1.54) is 26.9 Å². The molecular formula is C52H30N4O. The summed E-state index contributed by atoms with van der Waals surface area (Å²) >= 11 is 0. The van der Waals surface area contributed by atoms with Crippen LogP contribution in [0.4, 0.5) is 0 Å². The Morgan fingerprint density at radius 2 is 0.877 bits per heavy atom. The quantitative estimate of drug-likeness (QED) is 0.165. The highest BCUT2D eigenvalue weighted by Crippen LogP contribution is 2.40. The van der Waals surface area contributed by atoms with E-state index in [4.69, 9.17) is 19.4 Å². The van der Waals surface area contributed by atoms with Gasteiger partial charge in [0.15, 0.2) is 17.5 Å². The molecule has 0 aliphatic carbocycles. The van der Waals surface area contributed by atoms with Gasteiger partial charge in [-0.25, -0.2) is 15.0 Å². The fourth-order valence-electron chi connectivity index (χ4n) is 8.21. The van der Waals surface area contributed by atoms with E-state index in [9.17, 15) is 5.26 Å². The van der Waals surface area contributed by atoms with Gasteiger partial charge >= 0.3 is 0 Å². The fourth-order valence-corrected chi connectivity index (χ4v) is 8.21. The first-order valence-electron chi connectivity index (χ1n) is 18.9. The molecule has 2 heterocycles. The molecule has 57 heavy (non-hydrogen) atoms.